The van der Waals surface area contributed by atoms with E-state index in [0.717, 1.165) is 6.42 Å². The molecule has 0 N–H and O–H groups in total. The van der Waals surface area contributed by atoms with Crippen molar-refractivity contribution in [3.8, 4) is 6.07 Å². The second kappa shape index (κ2) is 3.37. The molecule has 0 aromatic heterocycles. The van der Waals surface area contributed by atoms with Crippen molar-refractivity contribution in [1.82, 2.24) is 0 Å². The average molecular weight is 150 g/mol. The third-order valence-corrected chi connectivity index (χ3v) is 1.88. The molecule has 3 atom stereocenters. The van der Waals surface area contributed by atoms with Gasteiger partial charge < -0.3 is 9.58 Å². The third kappa shape index (κ3) is 1.69. The lowest BCUT2D eigenvalue weighted by molar-refractivity contribution is 0.0595. The summed E-state index contributed by atoms with van der Waals surface area (Å²) in [6.45, 7) is 8.89. The van der Waals surface area contributed by atoms with Crippen molar-refractivity contribution in [2.45, 2.75) is 25.6 Å². The smallest absolute Gasteiger partial charge is 0.241 e. The van der Waals surface area contributed by atoms with Gasteiger partial charge in [0.2, 0.25) is 6.54 Å². The van der Waals surface area contributed by atoms with E-state index in [4.69, 9.17) is 16.6 Å². The first-order valence-corrected chi connectivity index (χ1v) is 3.66. The van der Waals surface area contributed by atoms with Crippen LogP contribution in [-0.4, -0.2) is 18.8 Å². The highest BCUT2D eigenvalue weighted by Gasteiger charge is 2.34. The highest BCUT2D eigenvalue weighted by molar-refractivity contribution is 4.97. The summed E-state index contributed by atoms with van der Waals surface area (Å²) in [6.07, 6.45) is 0.773. The van der Waals surface area contributed by atoms with Crippen LogP contribution in [0.2, 0.25) is 0 Å². The van der Waals surface area contributed by atoms with Crippen LogP contribution in [0.5, 0.6) is 0 Å². The normalized spacial score (nSPS) is 36.1. The van der Waals surface area contributed by atoms with Crippen LogP contribution < -0.4 is 0 Å². The summed E-state index contributed by atoms with van der Waals surface area (Å²) in [7, 11) is 0. The van der Waals surface area contributed by atoms with Crippen molar-refractivity contribution in [1.29, 1.82) is 5.26 Å². The number of nitriles is 1. The maximum absolute atomic E-state index is 8.65. The minimum Gasteiger partial charge on any atom is -0.366 e. The molecule has 3 heteroatoms. The van der Waals surface area contributed by atoms with Crippen molar-refractivity contribution >= 4 is 0 Å². The second-order valence-corrected chi connectivity index (χ2v) is 2.80. The molecule has 1 aliphatic rings. The Morgan fingerprint density at radius 3 is 3.09 bits per heavy atom. The molecule has 1 unspecified atom stereocenters. The molecule has 0 radical (unpaired) electrons. The number of hydrogen-bond acceptors (Lipinski definition) is 2. The van der Waals surface area contributed by atoms with Gasteiger partial charge in [-0.15, -0.1) is 0 Å². The van der Waals surface area contributed by atoms with Crippen molar-refractivity contribution < 1.29 is 4.74 Å². The van der Waals surface area contributed by atoms with Crippen LogP contribution in [0, 0.1) is 23.8 Å². The van der Waals surface area contributed by atoms with E-state index in [9.17, 15) is 0 Å². The van der Waals surface area contributed by atoms with Crippen LogP contribution >= 0.6 is 0 Å². The van der Waals surface area contributed by atoms with E-state index < -0.39 is 0 Å². The van der Waals surface area contributed by atoms with Gasteiger partial charge in [-0.3, -0.25) is 0 Å². The molecule has 0 amide bonds. The Hall–Kier alpha value is -1.06. The van der Waals surface area contributed by atoms with E-state index in [2.05, 4.69) is 10.9 Å². The summed E-state index contributed by atoms with van der Waals surface area (Å²) in [5.74, 6) is -0.0703. The molecule has 1 fully saturated rings. The summed E-state index contributed by atoms with van der Waals surface area (Å²) in [5, 5.41) is 8.65. The van der Waals surface area contributed by atoms with Crippen LogP contribution in [0.4, 0.5) is 0 Å². The summed E-state index contributed by atoms with van der Waals surface area (Å²) >= 11 is 0. The number of nitrogens with zero attached hydrogens (tertiary/aromatic N) is 2. The summed E-state index contributed by atoms with van der Waals surface area (Å²) in [4.78, 5) is 3.22. The van der Waals surface area contributed by atoms with Gasteiger partial charge in [0, 0.05) is 0 Å². The van der Waals surface area contributed by atoms with Gasteiger partial charge in [-0.1, -0.05) is 0 Å². The van der Waals surface area contributed by atoms with E-state index in [1.54, 1.807) is 0 Å². The highest BCUT2D eigenvalue weighted by atomic mass is 16.5. The number of hydrogen-bond donors (Lipinski definition) is 0. The monoisotopic (exact) mass is 150 g/mol. The molecule has 0 aromatic carbocycles. The maximum atomic E-state index is 8.65. The third-order valence-electron chi connectivity index (χ3n) is 1.88. The second-order valence-electron chi connectivity index (χ2n) is 2.80. The zero-order valence-corrected chi connectivity index (χ0v) is 6.45. The largest absolute Gasteiger partial charge is 0.366 e. The fraction of sp³-hybridized carbons (Fsp3) is 0.750. The van der Waals surface area contributed by atoms with E-state index in [1.165, 1.54) is 0 Å². The molecule has 0 aliphatic carbocycles. The zero-order chi connectivity index (χ0) is 8.27. The first kappa shape index (κ1) is 8.04. The molecule has 0 spiro atoms. The van der Waals surface area contributed by atoms with E-state index in [0.29, 0.717) is 6.54 Å². The molecule has 1 heterocycles. The van der Waals surface area contributed by atoms with Gasteiger partial charge in [-0.25, -0.2) is 6.57 Å². The summed E-state index contributed by atoms with van der Waals surface area (Å²) in [6, 6.07) is 2.16. The lowest BCUT2D eigenvalue weighted by atomic mass is 10.0. The molecule has 1 rings (SSSR count). The SMILES string of the molecule is [C-]#[N+]C[C@H]1O[C@@H](C)CC1C#N. The van der Waals surface area contributed by atoms with Gasteiger partial charge in [0.05, 0.1) is 18.1 Å². The van der Waals surface area contributed by atoms with Crippen LogP contribution in [0.25, 0.3) is 4.85 Å². The van der Waals surface area contributed by atoms with E-state index in [-0.39, 0.29) is 18.1 Å². The molecule has 0 aromatic rings. The van der Waals surface area contributed by atoms with Gasteiger partial charge in [0.25, 0.3) is 0 Å². The van der Waals surface area contributed by atoms with Gasteiger partial charge in [-0.05, 0) is 13.3 Å². The van der Waals surface area contributed by atoms with E-state index in [1.807, 2.05) is 6.92 Å². The molecule has 11 heavy (non-hydrogen) atoms. The lowest BCUT2D eigenvalue weighted by Crippen LogP contribution is -2.17. The predicted molar refractivity (Wildman–Crippen MR) is 39.5 cm³/mol. The highest BCUT2D eigenvalue weighted by Crippen LogP contribution is 2.25. The predicted octanol–water partition coefficient (Wildman–Crippen LogP) is 1.22. The fourth-order valence-corrected chi connectivity index (χ4v) is 1.35. The van der Waals surface area contributed by atoms with Gasteiger partial charge >= 0.3 is 0 Å². The lowest BCUT2D eigenvalue weighted by Gasteiger charge is -2.04. The van der Waals surface area contributed by atoms with Crippen molar-refractivity contribution in [2.75, 3.05) is 6.54 Å². The van der Waals surface area contributed by atoms with Crippen molar-refractivity contribution in [3.63, 3.8) is 0 Å². The number of rotatable bonds is 1. The van der Waals surface area contributed by atoms with Crippen LogP contribution in [0.15, 0.2) is 0 Å². The van der Waals surface area contributed by atoms with Gasteiger partial charge in [0.1, 0.15) is 6.10 Å². The minimum atomic E-state index is -0.146. The summed E-state index contributed by atoms with van der Waals surface area (Å²) in [5.41, 5.74) is 0. The van der Waals surface area contributed by atoms with Crippen LogP contribution in [-0.2, 0) is 4.74 Å². The Labute approximate surface area is 66.4 Å². The Bertz CT molecular complexity index is 213. The van der Waals surface area contributed by atoms with Crippen LogP contribution in [0.3, 0.4) is 0 Å². The molecule has 3 nitrogen and oxygen atoms in total. The molecule has 0 saturated carbocycles. The quantitative estimate of drug-likeness (QED) is 0.527. The molecule has 1 saturated heterocycles. The van der Waals surface area contributed by atoms with Crippen molar-refractivity contribution in [2.24, 2.45) is 5.92 Å². The van der Waals surface area contributed by atoms with Gasteiger partial charge in [-0.2, -0.15) is 5.26 Å². The molecule has 1 aliphatic heterocycles. The first-order chi connectivity index (χ1) is 5.27. The Morgan fingerprint density at radius 2 is 2.55 bits per heavy atom. The fourth-order valence-electron chi connectivity index (χ4n) is 1.35. The molecule has 0 bridgehead atoms. The zero-order valence-electron chi connectivity index (χ0n) is 6.45. The maximum Gasteiger partial charge on any atom is 0.241 e. The molecular formula is C8H10N2O. The molecule has 58 valence electrons. The standard InChI is InChI=1S/C8H10N2O/c1-6-3-7(4-9)8(11-6)5-10-2/h6-8H,3,5H2,1H3/t6-,7?,8+/m0/s1. The van der Waals surface area contributed by atoms with Crippen LogP contribution in [0.1, 0.15) is 13.3 Å². The first-order valence-electron chi connectivity index (χ1n) is 3.66. The topological polar surface area (TPSA) is 37.4 Å². The van der Waals surface area contributed by atoms with Crippen molar-refractivity contribution in [3.05, 3.63) is 11.4 Å². The number of ether oxygens (including phenoxy) is 1. The average Bonchev–Trinajstić information content (AvgIpc) is 2.32. The minimum absolute atomic E-state index is 0.0703. The summed E-state index contributed by atoms with van der Waals surface area (Å²) < 4.78 is 5.37. The Balaban J connectivity index is 2.53. The molecular weight excluding hydrogens is 140 g/mol. The van der Waals surface area contributed by atoms with E-state index >= 15 is 0 Å². The van der Waals surface area contributed by atoms with Gasteiger partial charge in [0.15, 0.2) is 0 Å². The Kier molecular flexibility index (Phi) is 2.46. The Morgan fingerprint density at radius 1 is 1.82 bits per heavy atom.